The maximum absolute atomic E-state index is 12.6. The number of pyridine rings is 1. The van der Waals surface area contributed by atoms with Gasteiger partial charge in [0.15, 0.2) is 0 Å². The van der Waals surface area contributed by atoms with Crippen LogP contribution in [0.1, 0.15) is 35.8 Å². The highest BCUT2D eigenvalue weighted by Gasteiger charge is 2.15. The molecule has 0 unspecified atom stereocenters. The standard InChI is InChI=1S/C22H24N4O2S/c1-15(2)16-3-5-17(6-4-16)22-25-19(14-29-22)21(27)24-18-7-8-20(23-13-18)26-9-11-28-12-10-26/h3-8,13-15H,9-12H2,1-2H3,(H,24,27). The lowest BCUT2D eigenvalue weighted by atomic mass is 10.0. The molecule has 29 heavy (non-hydrogen) atoms. The number of aromatic nitrogens is 2. The molecule has 0 radical (unpaired) electrons. The molecule has 0 saturated carbocycles. The average Bonchev–Trinajstić information content (AvgIpc) is 3.25. The second-order valence-corrected chi connectivity index (χ2v) is 8.13. The first-order valence-corrected chi connectivity index (χ1v) is 10.6. The van der Waals surface area contributed by atoms with Gasteiger partial charge in [0.25, 0.3) is 5.91 Å². The quantitative estimate of drug-likeness (QED) is 0.677. The van der Waals surface area contributed by atoms with Crippen molar-refractivity contribution in [2.24, 2.45) is 0 Å². The number of rotatable bonds is 5. The number of morpholine rings is 1. The molecule has 0 bridgehead atoms. The molecular weight excluding hydrogens is 384 g/mol. The van der Waals surface area contributed by atoms with Crippen molar-refractivity contribution in [1.29, 1.82) is 0 Å². The van der Waals surface area contributed by atoms with Gasteiger partial charge in [0.2, 0.25) is 0 Å². The van der Waals surface area contributed by atoms with Gasteiger partial charge in [-0.15, -0.1) is 11.3 Å². The number of carbonyl (C=O) groups excluding carboxylic acids is 1. The second kappa shape index (κ2) is 8.71. The molecule has 1 saturated heterocycles. The van der Waals surface area contributed by atoms with Crippen molar-refractivity contribution >= 4 is 28.7 Å². The summed E-state index contributed by atoms with van der Waals surface area (Å²) < 4.78 is 5.36. The molecule has 1 N–H and O–H groups in total. The van der Waals surface area contributed by atoms with Crippen LogP contribution < -0.4 is 10.2 Å². The lowest BCUT2D eigenvalue weighted by molar-refractivity contribution is 0.102. The maximum atomic E-state index is 12.6. The Morgan fingerprint density at radius 1 is 1.14 bits per heavy atom. The molecule has 1 aliphatic heterocycles. The van der Waals surface area contributed by atoms with E-state index in [1.165, 1.54) is 16.9 Å². The van der Waals surface area contributed by atoms with Gasteiger partial charge in [-0.25, -0.2) is 9.97 Å². The third kappa shape index (κ3) is 4.63. The van der Waals surface area contributed by atoms with Crippen LogP contribution in [0, 0.1) is 0 Å². The number of nitrogens with one attached hydrogen (secondary N) is 1. The van der Waals surface area contributed by atoms with Crippen LogP contribution in [0.3, 0.4) is 0 Å². The number of anilines is 2. The number of nitrogens with zero attached hydrogens (tertiary/aromatic N) is 3. The van der Waals surface area contributed by atoms with Crippen LogP contribution in [0.25, 0.3) is 10.6 Å². The molecule has 6 nitrogen and oxygen atoms in total. The SMILES string of the molecule is CC(C)c1ccc(-c2nc(C(=O)Nc3ccc(N4CCOCC4)nc3)cs2)cc1. The van der Waals surface area contributed by atoms with E-state index in [0.717, 1.165) is 29.5 Å². The van der Waals surface area contributed by atoms with Gasteiger partial charge in [0.1, 0.15) is 16.5 Å². The Bertz CT molecular complexity index is 961. The predicted octanol–water partition coefficient (Wildman–Crippen LogP) is 4.42. The molecule has 1 amide bonds. The summed E-state index contributed by atoms with van der Waals surface area (Å²) in [6, 6.07) is 12.1. The zero-order valence-corrected chi connectivity index (χ0v) is 17.4. The number of benzene rings is 1. The largest absolute Gasteiger partial charge is 0.378 e. The molecule has 3 aromatic rings. The molecule has 1 aromatic carbocycles. The topological polar surface area (TPSA) is 67.4 Å². The number of thiazole rings is 1. The highest BCUT2D eigenvalue weighted by Crippen LogP contribution is 2.26. The Labute approximate surface area is 174 Å². The number of carbonyl (C=O) groups is 1. The predicted molar refractivity (Wildman–Crippen MR) is 117 cm³/mol. The van der Waals surface area contributed by atoms with Gasteiger partial charge in [-0.3, -0.25) is 4.79 Å². The van der Waals surface area contributed by atoms with Gasteiger partial charge >= 0.3 is 0 Å². The average molecular weight is 409 g/mol. The van der Waals surface area contributed by atoms with Crippen LogP contribution in [-0.2, 0) is 4.74 Å². The fourth-order valence-electron chi connectivity index (χ4n) is 3.16. The molecule has 0 spiro atoms. The van der Waals surface area contributed by atoms with E-state index in [1.807, 2.05) is 12.1 Å². The van der Waals surface area contributed by atoms with E-state index in [-0.39, 0.29) is 5.91 Å². The van der Waals surface area contributed by atoms with Crippen LogP contribution in [0.15, 0.2) is 48.0 Å². The van der Waals surface area contributed by atoms with Crippen molar-refractivity contribution in [3.8, 4) is 10.6 Å². The molecule has 7 heteroatoms. The summed E-state index contributed by atoms with van der Waals surface area (Å²) in [6.07, 6.45) is 1.68. The molecule has 3 heterocycles. The summed E-state index contributed by atoms with van der Waals surface area (Å²) in [6.45, 7) is 7.43. The number of amides is 1. The van der Waals surface area contributed by atoms with Crippen molar-refractivity contribution < 1.29 is 9.53 Å². The van der Waals surface area contributed by atoms with Crippen LogP contribution in [-0.4, -0.2) is 42.2 Å². The van der Waals surface area contributed by atoms with Gasteiger partial charge in [0, 0.05) is 24.0 Å². The van der Waals surface area contributed by atoms with E-state index in [9.17, 15) is 4.79 Å². The first kappa shape index (κ1) is 19.5. The molecule has 1 aliphatic rings. The van der Waals surface area contributed by atoms with Crippen molar-refractivity contribution in [3.63, 3.8) is 0 Å². The molecule has 0 atom stereocenters. The molecule has 2 aromatic heterocycles. The lowest BCUT2D eigenvalue weighted by Crippen LogP contribution is -2.36. The minimum absolute atomic E-state index is 0.229. The summed E-state index contributed by atoms with van der Waals surface area (Å²) in [5.41, 5.74) is 3.38. The normalized spacial score (nSPS) is 14.2. The lowest BCUT2D eigenvalue weighted by Gasteiger charge is -2.27. The summed E-state index contributed by atoms with van der Waals surface area (Å²) in [5, 5.41) is 5.50. The van der Waals surface area contributed by atoms with Crippen molar-refractivity contribution in [2.45, 2.75) is 19.8 Å². The smallest absolute Gasteiger partial charge is 0.275 e. The van der Waals surface area contributed by atoms with Crippen molar-refractivity contribution in [1.82, 2.24) is 9.97 Å². The number of hydrogen-bond acceptors (Lipinski definition) is 6. The highest BCUT2D eigenvalue weighted by molar-refractivity contribution is 7.13. The van der Waals surface area contributed by atoms with Crippen LogP contribution in [0.4, 0.5) is 11.5 Å². The molecule has 0 aliphatic carbocycles. The third-order valence-corrected chi connectivity index (χ3v) is 5.79. The van der Waals surface area contributed by atoms with Gasteiger partial charge in [-0.1, -0.05) is 38.1 Å². The number of ether oxygens (including phenoxy) is 1. The molecular formula is C22H24N4O2S. The van der Waals surface area contributed by atoms with E-state index in [2.05, 4.69) is 58.3 Å². The minimum atomic E-state index is -0.229. The summed E-state index contributed by atoms with van der Waals surface area (Å²) >= 11 is 1.47. The first-order chi connectivity index (χ1) is 14.1. The Morgan fingerprint density at radius 3 is 2.55 bits per heavy atom. The zero-order valence-electron chi connectivity index (χ0n) is 16.6. The highest BCUT2D eigenvalue weighted by atomic mass is 32.1. The molecule has 150 valence electrons. The van der Waals surface area contributed by atoms with Gasteiger partial charge in [-0.2, -0.15) is 0 Å². The third-order valence-electron chi connectivity index (χ3n) is 4.90. The van der Waals surface area contributed by atoms with Crippen LogP contribution in [0.5, 0.6) is 0 Å². The van der Waals surface area contributed by atoms with E-state index in [0.29, 0.717) is 30.5 Å². The monoisotopic (exact) mass is 408 g/mol. The zero-order chi connectivity index (χ0) is 20.2. The summed E-state index contributed by atoms with van der Waals surface area (Å²) in [5.74, 6) is 1.16. The Hall–Kier alpha value is -2.77. The van der Waals surface area contributed by atoms with E-state index < -0.39 is 0 Å². The van der Waals surface area contributed by atoms with E-state index in [4.69, 9.17) is 4.74 Å². The van der Waals surface area contributed by atoms with Crippen LogP contribution >= 0.6 is 11.3 Å². The Balaban J connectivity index is 1.41. The second-order valence-electron chi connectivity index (χ2n) is 7.27. The molecule has 1 fully saturated rings. The fourth-order valence-corrected chi connectivity index (χ4v) is 3.96. The van der Waals surface area contributed by atoms with Gasteiger partial charge in [0.05, 0.1) is 25.1 Å². The summed E-state index contributed by atoms with van der Waals surface area (Å²) in [4.78, 5) is 23.7. The van der Waals surface area contributed by atoms with E-state index in [1.54, 1.807) is 11.6 Å². The van der Waals surface area contributed by atoms with Crippen molar-refractivity contribution in [2.75, 3.05) is 36.5 Å². The van der Waals surface area contributed by atoms with Gasteiger partial charge in [-0.05, 0) is 23.6 Å². The minimum Gasteiger partial charge on any atom is -0.378 e. The summed E-state index contributed by atoms with van der Waals surface area (Å²) in [7, 11) is 0. The molecule has 4 rings (SSSR count). The number of hydrogen-bond donors (Lipinski definition) is 1. The van der Waals surface area contributed by atoms with Gasteiger partial charge < -0.3 is 15.0 Å². The van der Waals surface area contributed by atoms with E-state index >= 15 is 0 Å². The maximum Gasteiger partial charge on any atom is 0.275 e. The van der Waals surface area contributed by atoms with Crippen LogP contribution in [0.2, 0.25) is 0 Å². The first-order valence-electron chi connectivity index (χ1n) is 9.76. The Morgan fingerprint density at radius 2 is 1.90 bits per heavy atom. The van der Waals surface area contributed by atoms with Crippen molar-refractivity contribution in [3.05, 3.63) is 59.2 Å². The Kier molecular flexibility index (Phi) is 5.87. The fraction of sp³-hybridized carbons (Fsp3) is 0.318.